The SMILES string of the molecule is C=[C-]F.[Au+]. The Morgan fingerprint density at radius 2 is 1.75 bits per heavy atom. The summed E-state index contributed by atoms with van der Waals surface area (Å²) in [5.74, 6) is 0. The van der Waals surface area contributed by atoms with Gasteiger partial charge in [-0.15, -0.1) is 0 Å². The molecule has 0 heterocycles. The Labute approximate surface area is 40.2 Å². The molecule has 0 aromatic carbocycles. The molecule has 0 saturated heterocycles. The topological polar surface area (TPSA) is 0 Å². The summed E-state index contributed by atoms with van der Waals surface area (Å²) in [6.07, 6.45) is 1.00. The minimum absolute atomic E-state index is 0. The molecule has 2 heteroatoms. The van der Waals surface area contributed by atoms with Crippen LogP contribution >= 0.6 is 0 Å². The van der Waals surface area contributed by atoms with Crippen LogP contribution in [0.25, 0.3) is 0 Å². The molecule has 0 fully saturated rings. The van der Waals surface area contributed by atoms with Crippen LogP contribution in [-0.2, 0) is 22.4 Å². The van der Waals surface area contributed by atoms with E-state index < -0.39 is 0 Å². The predicted octanol–water partition coefficient (Wildman–Crippen LogP) is 0.900. The zero-order valence-corrected chi connectivity index (χ0v) is 4.05. The number of hydrogen-bond donors (Lipinski definition) is 0. The minimum atomic E-state index is 0. The van der Waals surface area contributed by atoms with Crippen molar-refractivity contribution in [1.29, 1.82) is 0 Å². The first kappa shape index (κ1) is 8.83. The Balaban J connectivity index is 0. The smallest absolute Gasteiger partial charge is 0.459 e. The molecule has 0 nitrogen and oxygen atoms in total. The monoisotopic (exact) mass is 242 g/mol. The first-order valence-corrected chi connectivity index (χ1v) is 0.543. The van der Waals surface area contributed by atoms with Gasteiger partial charge in [-0.3, -0.25) is 6.58 Å². The van der Waals surface area contributed by atoms with Crippen LogP contribution in [0.2, 0.25) is 0 Å². The molecule has 0 atom stereocenters. The predicted molar refractivity (Wildman–Crippen MR) is 9.98 cm³/mol. The van der Waals surface area contributed by atoms with Crippen LogP contribution in [0.1, 0.15) is 0 Å². The van der Waals surface area contributed by atoms with Crippen LogP contribution in [-0.4, -0.2) is 0 Å². The van der Waals surface area contributed by atoms with Gasteiger partial charge in [-0.2, -0.15) is 0 Å². The van der Waals surface area contributed by atoms with E-state index in [0.29, 0.717) is 0 Å². The second-order valence-corrected chi connectivity index (χ2v) is 0.134. The van der Waals surface area contributed by atoms with Crippen molar-refractivity contribution >= 4 is 0 Å². The van der Waals surface area contributed by atoms with Gasteiger partial charge in [0.2, 0.25) is 0 Å². The van der Waals surface area contributed by atoms with Gasteiger partial charge in [-0.05, 0) is 0 Å². The average Bonchev–Trinajstić information content (AvgIpc) is 0.918. The Bertz CT molecular complexity index is 13.5. The fourth-order valence-electron chi connectivity index (χ4n) is 0. The maximum absolute atomic E-state index is 9.93. The Kier molecular flexibility index (Phi) is 22.0. The molecule has 0 saturated carbocycles. The van der Waals surface area contributed by atoms with E-state index in [2.05, 4.69) is 6.58 Å². The minimum Gasteiger partial charge on any atom is -0.459 e. The first-order chi connectivity index (χ1) is 1.41. The average molecular weight is 242 g/mol. The van der Waals surface area contributed by atoms with Crippen molar-refractivity contribution in [2.45, 2.75) is 0 Å². The zero-order valence-electron chi connectivity index (χ0n) is 1.89. The van der Waals surface area contributed by atoms with E-state index in [1.165, 1.54) is 0 Å². The van der Waals surface area contributed by atoms with Crippen LogP contribution < -0.4 is 0 Å². The molecule has 0 aliphatic rings. The maximum atomic E-state index is 9.93. The molecule has 0 unspecified atom stereocenters. The molecule has 0 amide bonds. The molecule has 0 aliphatic carbocycles. The molecule has 4 heavy (non-hydrogen) atoms. The number of hydrogen-bond acceptors (Lipinski definition) is 0. The van der Waals surface area contributed by atoms with Crippen LogP contribution in [0.15, 0.2) is 6.58 Å². The van der Waals surface area contributed by atoms with Crippen LogP contribution in [0.3, 0.4) is 0 Å². The van der Waals surface area contributed by atoms with Crippen LogP contribution in [0.5, 0.6) is 0 Å². The van der Waals surface area contributed by atoms with Gasteiger partial charge in [0.1, 0.15) is 0 Å². The van der Waals surface area contributed by atoms with Gasteiger partial charge in [0.25, 0.3) is 0 Å². The van der Waals surface area contributed by atoms with Gasteiger partial charge in [0.05, 0.1) is 0 Å². The van der Waals surface area contributed by atoms with Gasteiger partial charge in [-0.1, -0.05) is 0 Å². The molecule has 0 aromatic rings. The fraction of sp³-hybridized carbons (Fsp3) is 0. The van der Waals surface area contributed by atoms with Crippen molar-refractivity contribution in [1.82, 2.24) is 0 Å². The van der Waals surface area contributed by atoms with Crippen LogP contribution in [0, 0.1) is 6.33 Å². The van der Waals surface area contributed by atoms with E-state index >= 15 is 0 Å². The van der Waals surface area contributed by atoms with E-state index in [4.69, 9.17) is 0 Å². The van der Waals surface area contributed by atoms with Crippen molar-refractivity contribution in [2.75, 3.05) is 0 Å². The Morgan fingerprint density at radius 3 is 1.75 bits per heavy atom. The van der Waals surface area contributed by atoms with Crippen molar-refractivity contribution in [2.24, 2.45) is 0 Å². The van der Waals surface area contributed by atoms with Crippen molar-refractivity contribution in [3.05, 3.63) is 12.9 Å². The quantitative estimate of drug-likeness (QED) is 0.437. The van der Waals surface area contributed by atoms with Crippen LogP contribution in [0.4, 0.5) is 4.39 Å². The summed E-state index contributed by atoms with van der Waals surface area (Å²) in [4.78, 5) is 0. The second kappa shape index (κ2) is 9.96. The van der Waals surface area contributed by atoms with Gasteiger partial charge < -0.3 is 10.7 Å². The molecule has 0 radical (unpaired) electrons. The van der Waals surface area contributed by atoms with E-state index in [9.17, 15) is 4.39 Å². The molecule has 0 rings (SSSR count). The zero-order chi connectivity index (χ0) is 2.71. The third-order valence-electron chi connectivity index (χ3n) is 0. The molecular weight excluding hydrogens is 240 g/mol. The standard InChI is InChI=1S/C2H2F.Au/c1-2-3;/h1H2;/q-1;+1. The van der Waals surface area contributed by atoms with Crippen molar-refractivity contribution in [3.63, 3.8) is 0 Å². The normalized spacial score (nSPS) is 3.25. The van der Waals surface area contributed by atoms with Gasteiger partial charge in [0.15, 0.2) is 0 Å². The Morgan fingerprint density at radius 1 is 1.75 bits per heavy atom. The van der Waals surface area contributed by atoms with Crippen molar-refractivity contribution < 1.29 is 26.8 Å². The van der Waals surface area contributed by atoms with Crippen molar-refractivity contribution in [3.8, 4) is 0 Å². The summed E-state index contributed by atoms with van der Waals surface area (Å²) in [6.45, 7) is 2.57. The molecule has 0 aromatic heterocycles. The molecule has 0 N–H and O–H groups in total. The third kappa shape index (κ3) is 28.5. The van der Waals surface area contributed by atoms with Gasteiger partial charge >= 0.3 is 22.4 Å². The summed E-state index contributed by atoms with van der Waals surface area (Å²) in [5, 5.41) is 0. The summed E-state index contributed by atoms with van der Waals surface area (Å²) in [6, 6.07) is 0. The number of rotatable bonds is 0. The maximum Gasteiger partial charge on any atom is 1.00 e. The first-order valence-electron chi connectivity index (χ1n) is 0.543. The second-order valence-electron chi connectivity index (χ2n) is 0.134. The molecular formula is C2H2AuF. The summed E-state index contributed by atoms with van der Waals surface area (Å²) >= 11 is 0. The third-order valence-corrected chi connectivity index (χ3v) is 0. The summed E-state index contributed by atoms with van der Waals surface area (Å²) in [7, 11) is 0. The summed E-state index contributed by atoms with van der Waals surface area (Å²) < 4.78 is 9.93. The van der Waals surface area contributed by atoms with E-state index in [1.54, 1.807) is 0 Å². The van der Waals surface area contributed by atoms with Gasteiger partial charge in [0, 0.05) is 0 Å². The molecule has 0 bridgehead atoms. The molecule has 0 aliphatic heterocycles. The summed E-state index contributed by atoms with van der Waals surface area (Å²) in [5.41, 5.74) is 0. The largest absolute Gasteiger partial charge is 1.00 e. The molecule has 28 valence electrons. The fourth-order valence-corrected chi connectivity index (χ4v) is 0. The Hall–Kier alpha value is 0.410. The van der Waals surface area contributed by atoms with E-state index in [-0.39, 0.29) is 22.4 Å². The van der Waals surface area contributed by atoms with Gasteiger partial charge in [-0.25, -0.2) is 0 Å². The van der Waals surface area contributed by atoms with E-state index in [0.717, 1.165) is 6.33 Å². The number of halogens is 1. The molecule has 0 spiro atoms. The van der Waals surface area contributed by atoms with E-state index in [1.807, 2.05) is 0 Å².